The van der Waals surface area contributed by atoms with Crippen molar-refractivity contribution in [3.05, 3.63) is 78.4 Å². The van der Waals surface area contributed by atoms with Crippen LogP contribution in [-0.4, -0.2) is 31.9 Å². The lowest BCUT2D eigenvalue weighted by Gasteiger charge is -2.14. The molecule has 0 aliphatic rings. The number of carbonyl (C=O) groups excluding carboxylic acids is 1. The Labute approximate surface area is 153 Å². The minimum absolute atomic E-state index is 0.0912. The van der Waals surface area contributed by atoms with E-state index in [1.807, 2.05) is 73.7 Å². The molecule has 26 heavy (non-hydrogen) atoms. The third kappa shape index (κ3) is 4.83. The molecule has 4 heteroatoms. The van der Waals surface area contributed by atoms with Gasteiger partial charge in [0.2, 0.25) is 0 Å². The second kappa shape index (κ2) is 9.02. The average Bonchev–Trinajstić information content (AvgIpc) is 2.70. The number of esters is 1. The number of benzene rings is 3. The summed E-state index contributed by atoms with van der Waals surface area (Å²) in [6, 6.07) is 23.0. The Bertz CT molecular complexity index is 840. The Kier molecular flexibility index (Phi) is 6.23. The Morgan fingerprint density at radius 2 is 1.62 bits per heavy atom. The van der Waals surface area contributed by atoms with Gasteiger partial charge in [-0.2, -0.15) is 0 Å². The highest BCUT2D eigenvalue weighted by Crippen LogP contribution is 2.19. The molecule has 0 saturated heterocycles. The van der Waals surface area contributed by atoms with Crippen LogP contribution in [0.4, 0.5) is 0 Å². The molecule has 134 valence electrons. The van der Waals surface area contributed by atoms with Crippen molar-refractivity contribution in [2.45, 2.75) is 13.0 Å². The number of rotatable bonds is 8. The fourth-order valence-corrected chi connectivity index (χ4v) is 2.64. The zero-order valence-corrected chi connectivity index (χ0v) is 14.8. The van der Waals surface area contributed by atoms with E-state index in [9.17, 15) is 4.79 Å². The van der Waals surface area contributed by atoms with Crippen molar-refractivity contribution in [1.82, 2.24) is 0 Å². The third-order valence-corrected chi connectivity index (χ3v) is 3.96. The third-order valence-electron chi connectivity index (χ3n) is 3.96. The van der Waals surface area contributed by atoms with Crippen molar-refractivity contribution < 1.29 is 19.0 Å². The Morgan fingerprint density at radius 3 is 2.46 bits per heavy atom. The van der Waals surface area contributed by atoms with Crippen molar-refractivity contribution in [1.29, 1.82) is 0 Å². The summed E-state index contributed by atoms with van der Waals surface area (Å²) in [5.41, 5.74) is 0.573. The molecule has 0 bridgehead atoms. The van der Waals surface area contributed by atoms with Gasteiger partial charge in [0.15, 0.2) is 0 Å². The summed E-state index contributed by atoms with van der Waals surface area (Å²) in [5, 5.41) is 1.91. The molecule has 0 N–H and O–H groups in total. The highest BCUT2D eigenvalue weighted by Gasteiger charge is 2.11. The highest BCUT2D eigenvalue weighted by molar-refractivity contribution is 6.04. The first-order valence-corrected chi connectivity index (χ1v) is 8.68. The van der Waals surface area contributed by atoms with Gasteiger partial charge in [-0.05, 0) is 35.9 Å². The molecular weight excluding hydrogens is 328 g/mol. The zero-order valence-electron chi connectivity index (χ0n) is 14.8. The first-order chi connectivity index (χ1) is 12.7. The normalized spacial score (nSPS) is 11.9. The largest absolute Gasteiger partial charge is 0.491 e. The van der Waals surface area contributed by atoms with E-state index >= 15 is 0 Å². The Hall–Kier alpha value is -2.85. The molecule has 0 aliphatic heterocycles. The SMILES string of the molecule is CC(COc1ccccc1)OCCOC(=O)c1cccc2ccccc12. The summed E-state index contributed by atoms with van der Waals surface area (Å²) in [4.78, 5) is 12.3. The van der Waals surface area contributed by atoms with Crippen molar-refractivity contribution in [2.24, 2.45) is 0 Å². The van der Waals surface area contributed by atoms with Crippen molar-refractivity contribution in [3.8, 4) is 5.75 Å². The van der Waals surface area contributed by atoms with E-state index in [1.165, 1.54) is 0 Å². The number of hydrogen-bond acceptors (Lipinski definition) is 4. The van der Waals surface area contributed by atoms with Crippen LogP contribution in [0.1, 0.15) is 17.3 Å². The van der Waals surface area contributed by atoms with Gasteiger partial charge in [0.05, 0.1) is 18.3 Å². The van der Waals surface area contributed by atoms with E-state index in [4.69, 9.17) is 14.2 Å². The lowest BCUT2D eigenvalue weighted by Crippen LogP contribution is -2.21. The zero-order chi connectivity index (χ0) is 18.2. The van der Waals surface area contributed by atoms with Gasteiger partial charge >= 0.3 is 5.97 Å². The number of carbonyl (C=O) groups is 1. The molecule has 3 aromatic carbocycles. The maximum Gasteiger partial charge on any atom is 0.338 e. The van der Waals surface area contributed by atoms with Crippen LogP contribution in [0.25, 0.3) is 10.8 Å². The van der Waals surface area contributed by atoms with Crippen molar-refractivity contribution >= 4 is 16.7 Å². The molecule has 1 unspecified atom stereocenters. The summed E-state index contributed by atoms with van der Waals surface area (Å²) in [6.45, 7) is 2.91. The molecule has 0 aromatic heterocycles. The maximum atomic E-state index is 12.3. The lowest BCUT2D eigenvalue weighted by atomic mass is 10.1. The number of para-hydroxylation sites is 1. The molecule has 0 saturated carbocycles. The molecule has 0 radical (unpaired) electrons. The number of hydrogen-bond donors (Lipinski definition) is 0. The second-order valence-corrected chi connectivity index (χ2v) is 5.97. The van der Waals surface area contributed by atoms with E-state index in [0.29, 0.717) is 18.8 Å². The van der Waals surface area contributed by atoms with Crippen LogP contribution in [0.5, 0.6) is 5.75 Å². The molecule has 0 amide bonds. The van der Waals surface area contributed by atoms with Gasteiger partial charge in [-0.3, -0.25) is 0 Å². The molecular formula is C22H22O4. The van der Waals surface area contributed by atoms with Crippen LogP contribution >= 0.6 is 0 Å². The van der Waals surface area contributed by atoms with E-state index in [2.05, 4.69) is 0 Å². The van der Waals surface area contributed by atoms with Gasteiger partial charge in [-0.25, -0.2) is 4.79 Å². The van der Waals surface area contributed by atoms with Crippen molar-refractivity contribution in [2.75, 3.05) is 19.8 Å². The summed E-state index contributed by atoms with van der Waals surface area (Å²) >= 11 is 0. The van der Waals surface area contributed by atoms with Gasteiger partial charge in [0.1, 0.15) is 19.0 Å². The Morgan fingerprint density at radius 1 is 0.885 bits per heavy atom. The fraction of sp³-hybridized carbons (Fsp3) is 0.227. The van der Waals surface area contributed by atoms with Crippen LogP contribution < -0.4 is 4.74 Å². The molecule has 0 heterocycles. The van der Waals surface area contributed by atoms with Crippen LogP contribution in [0.2, 0.25) is 0 Å². The summed E-state index contributed by atoms with van der Waals surface area (Å²) in [5.74, 6) is 0.476. The number of fused-ring (bicyclic) bond motifs is 1. The molecule has 3 aromatic rings. The maximum absolute atomic E-state index is 12.3. The van der Waals surface area contributed by atoms with Crippen LogP contribution in [0.3, 0.4) is 0 Å². The van der Waals surface area contributed by atoms with Gasteiger partial charge in [-0.1, -0.05) is 54.6 Å². The van der Waals surface area contributed by atoms with E-state index in [1.54, 1.807) is 6.07 Å². The van der Waals surface area contributed by atoms with Crippen LogP contribution in [-0.2, 0) is 9.47 Å². The number of ether oxygens (including phenoxy) is 3. The first-order valence-electron chi connectivity index (χ1n) is 8.68. The topological polar surface area (TPSA) is 44.8 Å². The summed E-state index contributed by atoms with van der Waals surface area (Å²) in [6.07, 6.45) is -0.0912. The molecule has 0 aliphatic carbocycles. The van der Waals surface area contributed by atoms with E-state index < -0.39 is 0 Å². The monoisotopic (exact) mass is 350 g/mol. The van der Waals surface area contributed by atoms with E-state index in [-0.39, 0.29) is 18.7 Å². The molecule has 3 rings (SSSR count). The van der Waals surface area contributed by atoms with Gasteiger partial charge in [0.25, 0.3) is 0 Å². The standard InChI is InChI=1S/C22H22O4/c1-17(16-26-19-10-3-2-4-11-19)24-14-15-25-22(23)21-13-7-9-18-8-5-6-12-20(18)21/h2-13,17H,14-16H2,1H3. The predicted molar refractivity (Wildman–Crippen MR) is 102 cm³/mol. The lowest BCUT2D eigenvalue weighted by molar-refractivity contribution is -0.00132. The Balaban J connectivity index is 1.42. The van der Waals surface area contributed by atoms with E-state index in [0.717, 1.165) is 16.5 Å². The average molecular weight is 350 g/mol. The summed E-state index contributed by atoms with van der Waals surface area (Å²) < 4.78 is 16.6. The fourth-order valence-electron chi connectivity index (χ4n) is 2.64. The summed E-state index contributed by atoms with van der Waals surface area (Å²) in [7, 11) is 0. The molecule has 1 atom stereocenters. The molecule has 4 nitrogen and oxygen atoms in total. The van der Waals surface area contributed by atoms with Crippen LogP contribution in [0.15, 0.2) is 72.8 Å². The van der Waals surface area contributed by atoms with Gasteiger partial charge in [-0.15, -0.1) is 0 Å². The smallest absolute Gasteiger partial charge is 0.338 e. The first kappa shape index (κ1) is 18.0. The molecule has 0 spiro atoms. The van der Waals surface area contributed by atoms with Crippen LogP contribution in [0, 0.1) is 0 Å². The highest BCUT2D eigenvalue weighted by atomic mass is 16.6. The van der Waals surface area contributed by atoms with Crippen molar-refractivity contribution in [3.63, 3.8) is 0 Å². The predicted octanol–water partition coefficient (Wildman–Crippen LogP) is 4.48. The van der Waals surface area contributed by atoms with Gasteiger partial charge in [0, 0.05) is 0 Å². The minimum atomic E-state index is -0.335. The second-order valence-electron chi connectivity index (χ2n) is 5.97. The quantitative estimate of drug-likeness (QED) is 0.444. The molecule has 0 fully saturated rings. The van der Waals surface area contributed by atoms with Gasteiger partial charge < -0.3 is 14.2 Å². The minimum Gasteiger partial charge on any atom is -0.491 e.